The van der Waals surface area contributed by atoms with Crippen LogP contribution in [-0.4, -0.2) is 28.0 Å². The van der Waals surface area contributed by atoms with Crippen molar-refractivity contribution in [2.24, 2.45) is 11.8 Å². The van der Waals surface area contributed by atoms with Gasteiger partial charge in [-0.3, -0.25) is 14.6 Å². The number of fused-ring (bicyclic) bond motifs is 6. The number of aryl methyl sites for hydroxylation is 1. The Morgan fingerprint density at radius 2 is 1.68 bits per heavy atom. The summed E-state index contributed by atoms with van der Waals surface area (Å²) in [7, 11) is 0. The van der Waals surface area contributed by atoms with Crippen molar-refractivity contribution in [2.45, 2.75) is 44.8 Å². The first-order chi connectivity index (χ1) is 11.8. The second-order valence-corrected chi connectivity index (χ2v) is 8.00. The average Bonchev–Trinajstić information content (AvgIpc) is 3.11. The van der Waals surface area contributed by atoms with Crippen molar-refractivity contribution in [3.63, 3.8) is 0 Å². The summed E-state index contributed by atoms with van der Waals surface area (Å²) in [5.74, 6) is -1.06. The van der Waals surface area contributed by atoms with E-state index in [-0.39, 0.29) is 23.7 Å². The van der Waals surface area contributed by atoms with Crippen LogP contribution >= 0.6 is 0 Å². The van der Waals surface area contributed by atoms with Crippen molar-refractivity contribution in [1.82, 2.24) is 4.98 Å². The average molecular weight is 336 g/mol. The maximum atomic E-state index is 13.3. The highest BCUT2D eigenvalue weighted by molar-refractivity contribution is 6.25. The molecule has 3 saturated heterocycles. The van der Waals surface area contributed by atoms with E-state index < -0.39 is 11.2 Å². The van der Waals surface area contributed by atoms with Crippen LogP contribution in [0.15, 0.2) is 30.3 Å². The lowest BCUT2D eigenvalue weighted by molar-refractivity contribution is -0.129. The SMILES string of the molecule is Cc1ccc2cccc(N3C(=O)C4C(C3=O)C3(C)CCC4(C)O3)c2n1. The Hall–Kier alpha value is -2.27. The summed E-state index contributed by atoms with van der Waals surface area (Å²) in [4.78, 5) is 32.5. The Bertz CT molecular complexity index is 921. The molecule has 3 aliphatic rings. The Balaban J connectivity index is 1.69. The molecular weight excluding hydrogens is 316 g/mol. The maximum Gasteiger partial charge on any atom is 0.240 e. The van der Waals surface area contributed by atoms with E-state index >= 15 is 0 Å². The smallest absolute Gasteiger partial charge is 0.240 e. The van der Waals surface area contributed by atoms with Gasteiger partial charge in [-0.15, -0.1) is 0 Å². The van der Waals surface area contributed by atoms with E-state index in [1.165, 1.54) is 4.90 Å². The first-order valence-electron chi connectivity index (χ1n) is 8.78. The summed E-state index contributed by atoms with van der Waals surface area (Å²) in [6.07, 6.45) is 1.65. The molecule has 3 aliphatic heterocycles. The number of anilines is 1. The number of para-hydroxylation sites is 1. The van der Waals surface area contributed by atoms with Crippen molar-refractivity contribution < 1.29 is 14.3 Å². The highest BCUT2D eigenvalue weighted by Gasteiger charge is 2.72. The lowest BCUT2D eigenvalue weighted by Crippen LogP contribution is -2.40. The normalized spacial score (nSPS) is 36.5. The van der Waals surface area contributed by atoms with Gasteiger partial charge in [-0.05, 0) is 45.7 Å². The number of carbonyl (C=O) groups excluding carboxylic acids is 2. The molecule has 5 heteroatoms. The maximum absolute atomic E-state index is 13.3. The van der Waals surface area contributed by atoms with Crippen LogP contribution in [0.25, 0.3) is 10.9 Å². The molecule has 4 atom stereocenters. The molecule has 128 valence electrons. The molecule has 25 heavy (non-hydrogen) atoms. The molecule has 0 N–H and O–H groups in total. The van der Waals surface area contributed by atoms with Gasteiger partial charge in [0.2, 0.25) is 11.8 Å². The van der Waals surface area contributed by atoms with Gasteiger partial charge in [0.15, 0.2) is 0 Å². The predicted molar refractivity (Wildman–Crippen MR) is 93.1 cm³/mol. The summed E-state index contributed by atoms with van der Waals surface area (Å²) in [5, 5.41) is 0.928. The number of aromatic nitrogens is 1. The third kappa shape index (κ3) is 1.74. The number of hydrogen-bond donors (Lipinski definition) is 0. The standard InChI is InChI=1S/C20H20N2O3/c1-11-7-8-12-5-4-6-13(16(12)21-11)22-17(23)14-15(18(22)24)20(3)10-9-19(14,2)25-20/h4-8,14-15H,9-10H2,1-3H3. The van der Waals surface area contributed by atoms with E-state index in [1.807, 2.05) is 51.1 Å². The van der Waals surface area contributed by atoms with Crippen LogP contribution in [0.3, 0.4) is 0 Å². The summed E-state index contributed by atoms with van der Waals surface area (Å²) >= 11 is 0. The molecule has 4 heterocycles. The van der Waals surface area contributed by atoms with Crippen molar-refractivity contribution >= 4 is 28.4 Å². The van der Waals surface area contributed by atoms with Gasteiger partial charge in [0, 0.05) is 11.1 Å². The van der Waals surface area contributed by atoms with Crippen LogP contribution in [0, 0.1) is 18.8 Å². The minimum atomic E-state index is -0.533. The molecule has 5 nitrogen and oxygen atoms in total. The first kappa shape index (κ1) is 15.0. The molecule has 0 spiro atoms. The Labute approximate surface area is 146 Å². The fraction of sp³-hybridized carbons (Fsp3) is 0.450. The lowest BCUT2D eigenvalue weighted by atomic mass is 9.69. The number of carbonyl (C=O) groups is 2. The summed E-state index contributed by atoms with van der Waals surface area (Å²) < 4.78 is 6.16. The molecule has 2 amide bonds. The molecule has 0 aliphatic carbocycles. The quantitative estimate of drug-likeness (QED) is 0.751. The molecule has 4 unspecified atom stereocenters. The molecule has 2 bridgehead atoms. The first-order valence-corrected chi connectivity index (χ1v) is 8.78. The zero-order valence-corrected chi connectivity index (χ0v) is 14.6. The van der Waals surface area contributed by atoms with Crippen molar-refractivity contribution in [1.29, 1.82) is 0 Å². The third-order valence-electron chi connectivity index (χ3n) is 6.29. The van der Waals surface area contributed by atoms with Gasteiger partial charge in [0.25, 0.3) is 0 Å². The number of rotatable bonds is 1. The Morgan fingerprint density at radius 1 is 1.04 bits per heavy atom. The van der Waals surface area contributed by atoms with E-state index in [0.29, 0.717) is 11.2 Å². The van der Waals surface area contributed by atoms with Crippen molar-refractivity contribution in [2.75, 3.05) is 4.90 Å². The van der Waals surface area contributed by atoms with Gasteiger partial charge in [-0.25, -0.2) is 4.90 Å². The molecule has 1 aromatic carbocycles. The highest BCUT2D eigenvalue weighted by atomic mass is 16.5. The van der Waals surface area contributed by atoms with E-state index in [0.717, 1.165) is 23.9 Å². The van der Waals surface area contributed by atoms with Crippen LogP contribution in [0.1, 0.15) is 32.4 Å². The molecule has 0 saturated carbocycles. The monoisotopic (exact) mass is 336 g/mol. The third-order valence-corrected chi connectivity index (χ3v) is 6.29. The van der Waals surface area contributed by atoms with Crippen molar-refractivity contribution in [3.05, 3.63) is 36.0 Å². The fourth-order valence-corrected chi connectivity index (χ4v) is 5.12. The van der Waals surface area contributed by atoms with Crippen LogP contribution in [0.4, 0.5) is 5.69 Å². The number of hydrogen-bond acceptors (Lipinski definition) is 4. The number of imide groups is 1. The zero-order valence-electron chi connectivity index (χ0n) is 14.6. The summed E-state index contributed by atoms with van der Waals surface area (Å²) in [5.41, 5.74) is 1.09. The largest absolute Gasteiger partial charge is 0.367 e. The van der Waals surface area contributed by atoms with E-state index in [9.17, 15) is 9.59 Å². The number of pyridine rings is 1. The number of amides is 2. The molecular formula is C20H20N2O3. The molecule has 2 aromatic rings. The van der Waals surface area contributed by atoms with Gasteiger partial charge in [-0.2, -0.15) is 0 Å². The molecule has 1 aromatic heterocycles. The van der Waals surface area contributed by atoms with Crippen LogP contribution < -0.4 is 4.90 Å². The van der Waals surface area contributed by atoms with E-state index in [4.69, 9.17) is 4.74 Å². The van der Waals surface area contributed by atoms with Crippen molar-refractivity contribution in [3.8, 4) is 0 Å². The fourth-order valence-electron chi connectivity index (χ4n) is 5.12. The topological polar surface area (TPSA) is 59.5 Å². The lowest BCUT2D eigenvalue weighted by Gasteiger charge is -2.27. The second kappa shape index (κ2) is 4.47. The van der Waals surface area contributed by atoms with Gasteiger partial charge in [0.1, 0.15) is 0 Å². The Kier molecular flexibility index (Phi) is 2.68. The predicted octanol–water partition coefficient (Wildman–Crippen LogP) is 2.99. The molecule has 0 radical (unpaired) electrons. The Morgan fingerprint density at radius 3 is 2.32 bits per heavy atom. The van der Waals surface area contributed by atoms with Gasteiger partial charge >= 0.3 is 0 Å². The minimum absolute atomic E-state index is 0.142. The van der Waals surface area contributed by atoms with Crippen LogP contribution in [0.5, 0.6) is 0 Å². The van der Waals surface area contributed by atoms with Crippen LogP contribution in [-0.2, 0) is 14.3 Å². The number of ether oxygens (including phenoxy) is 1. The second-order valence-electron chi connectivity index (χ2n) is 8.00. The minimum Gasteiger partial charge on any atom is -0.367 e. The van der Waals surface area contributed by atoms with E-state index in [1.54, 1.807) is 0 Å². The van der Waals surface area contributed by atoms with Gasteiger partial charge < -0.3 is 4.74 Å². The molecule has 3 fully saturated rings. The summed E-state index contributed by atoms with van der Waals surface area (Å²) in [6, 6.07) is 9.55. The highest BCUT2D eigenvalue weighted by Crippen LogP contribution is 2.61. The summed E-state index contributed by atoms with van der Waals surface area (Å²) in [6.45, 7) is 5.86. The van der Waals surface area contributed by atoms with Crippen LogP contribution in [0.2, 0.25) is 0 Å². The van der Waals surface area contributed by atoms with E-state index in [2.05, 4.69) is 4.98 Å². The van der Waals surface area contributed by atoms with Gasteiger partial charge in [0.05, 0.1) is 34.2 Å². The number of benzene rings is 1. The zero-order chi connectivity index (χ0) is 17.6. The number of nitrogens with zero attached hydrogens (tertiary/aromatic N) is 2. The molecule has 5 rings (SSSR count). The van der Waals surface area contributed by atoms with Gasteiger partial charge in [-0.1, -0.05) is 18.2 Å².